The zero-order chi connectivity index (χ0) is 22.6. The highest BCUT2D eigenvalue weighted by Gasteiger charge is 2.38. The number of anilines is 1. The first kappa shape index (κ1) is 24.4. The Kier molecular flexibility index (Phi) is 7.79. The molecule has 0 aliphatic carbocycles. The Balaban J connectivity index is 3.60. The summed E-state index contributed by atoms with van der Waals surface area (Å²) in [6.45, 7) is 11.3. The van der Waals surface area contributed by atoms with Gasteiger partial charge in [-0.15, -0.1) is 11.3 Å². The second-order valence-electron chi connectivity index (χ2n) is 7.84. The number of amides is 2. The molecule has 0 atom stereocenters. The molecule has 0 aliphatic rings. The van der Waals surface area contributed by atoms with Crippen molar-refractivity contribution in [3.8, 4) is 0 Å². The van der Waals surface area contributed by atoms with Crippen molar-refractivity contribution in [3.63, 3.8) is 0 Å². The molecule has 0 bridgehead atoms. The van der Waals surface area contributed by atoms with E-state index in [9.17, 15) is 19.2 Å². The van der Waals surface area contributed by atoms with E-state index in [1.54, 1.807) is 48.5 Å². The molecule has 0 saturated carbocycles. The largest absolute Gasteiger partial charge is 0.465 e. The molecule has 0 spiro atoms. The van der Waals surface area contributed by atoms with Crippen LogP contribution in [0.4, 0.5) is 14.6 Å². The Morgan fingerprint density at radius 2 is 1.41 bits per heavy atom. The van der Waals surface area contributed by atoms with Gasteiger partial charge in [-0.2, -0.15) is 4.90 Å². The number of ether oxygens (including phenoxy) is 4. The average Bonchev–Trinajstić information content (AvgIpc) is 2.95. The summed E-state index contributed by atoms with van der Waals surface area (Å²) < 4.78 is 20.3. The number of nitrogens with zero attached hydrogens (tertiary/aromatic N) is 1. The number of thiophene rings is 1. The van der Waals surface area contributed by atoms with Crippen LogP contribution in [0.2, 0.25) is 0 Å². The smallest absolute Gasteiger partial charge is 0.425 e. The molecule has 29 heavy (non-hydrogen) atoms. The van der Waals surface area contributed by atoms with Gasteiger partial charge in [0.2, 0.25) is 0 Å². The fraction of sp³-hybridized carbons (Fsp3) is 0.579. The van der Waals surface area contributed by atoms with Crippen molar-refractivity contribution in [1.29, 1.82) is 0 Å². The summed E-state index contributed by atoms with van der Waals surface area (Å²) in [6.07, 6.45) is -2.12. The summed E-state index contributed by atoms with van der Waals surface area (Å²) in [7, 11) is 1.15. The van der Waals surface area contributed by atoms with Crippen molar-refractivity contribution in [3.05, 3.63) is 16.5 Å². The number of carbonyl (C=O) groups excluding carboxylic acids is 4. The molecule has 0 fully saturated rings. The third-order valence-corrected chi connectivity index (χ3v) is 3.98. The first-order valence-corrected chi connectivity index (χ1v) is 9.72. The average molecular weight is 429 g/mol. The van der Waals surface area contributed by atoms with Gasteiger partial charge in [0.25, 0.3) is 0 Å². The van der Waals surface area contributed by atoms with Gasteiger partial charge in [0.05, 0.1) is 19.3 Å². The molecule has 1 heterocycles. The second-order valence-corrected chi connectivity index (χ2v) is 8.70. The lowest BCUT2D eigenvalue weighted by atomic mass is 10.1. The maximum atomic E-state index is 12.8. The highest BCUT2D eigenvalue weighted by molar-refractivity contribution is 7.15. The quantitative estimate of drug-likeness (QED) is 0.512. The Labute approximate surface area is 173 Å². The van der Waals surface area contributed by atoms with E-state index in [4.69, 9.17) is 14.2 Å². The lowest BCUT2D eigenvalue weighted by molar-refractivity contribution is 0.0429. The highest BCUT2D eigenvalue weighted by Crippen LogP contribution is 2.35. The molecule has 0 aromatic carbocycles. The van der Waals surface area contributed by atoms with Crippen molar-refractivity contribution in [1.82, 2.24) is 0 Å². The number of esters is 2. The SMILES string of the molecule is CCOC(=O)c1c(C(=O)OC)csc1N(C(=O)OC(C)(C)C)C(=O)OC(C)(C)C. The van der Waals surface area contributed by atoms with Gasteiger partial charge < -0.3 is 18.9 Å². The third kappa shape index (κ3) is 6.74. The van der Waals surface area contributed by atoms with Crippen LogP contribution >= 0.6 is 11.3 Å². The monoisotopic (exact) mass is 429 g/mol. The lowest BCUT2D eigenvalue weighted by Gasteiger charge is -2.28. The molecule has 2 amide bonds. The van der Waals surface area contributed by atoms with Gasteiger partial charge in [-0.25, -0.2) is 19.2 Å². The van der Waals surface area contributed by atoms with E-state index in [0.717, 1.165) is 18.4 Å². The number of carbonyl (C=O) groups is 4. The van der Waals surface area contributed by atoms with E-state index in [1.807, 2.05) is 0 Å². The molecule has 162 valence electrons. The number of hydrogen-bond acceptors (Lipinski definition) is 9. The molecule has 0 radical (unpaired) electrons. The first-order valence-electron chi connectivity index (χ1n) is 8.84. The molecule has 1 rings (SSSR count). The first-order chi connectivity index (χ1) is 13.2. The minimum Gasteiger partial charge on any atom is -0.465 e. The summed E-state index contributed by atoms with van der Waals surface area (Å²) >= 11 is 0.813. The van der Waals surface area contributed by atoms with Gasteiger partial charge in [0.1, 0.15) is 21.8 Å². The van der Waals surface area contributed by atoms with Gasteiger partial charge in [0, 0.05) is 5.38 Å². The third-order valence-electron chi connectivity index (χ3n) is 3.01. The van der Waals surface area contributed by atoms with Crippen molar-refractivity contribution < 1.29 is 38.1 Å². The number of rotatable bonds is 4. The normalized spacial score (nSPS) is 11.4. The maximum Gasteiger partial charge on any atom is 0.425 e. The van der Waals surface area contributed by atoms with Crippen molar-refractivity contribution in [2.45, 2.75) is 59.7 Å². The summed E-state index contributed by atoms with van der Waals surface area (Å²) in [6, 6.07) is 0. The highest BCUT2D eigenvalue weighted by atomic mass is 32.1. The van der Waals surface area contributed by atoms with Crippen LogP contribution in [0, 0.1) is 0 Å². The van der Waals surface area contributed by atoms with Crippen LogP contribution in [-0.4, -0.2) is 49.0 Å². The summed E-state index contributed by atoms with van der Waals surface area (Å²) in [5.41, 5.74) is -2.27. The predicted octanol–water partition coefficient (Wildman–Crippen LogP) is 4.39. The van der Waals surface area contributed by atoms with E-state index in [-0.39, 0.29) is 22.7 Å². The van der Waals surface area contributed by atoms with Crippen LogP contribution in [-0.2, 0) is 18.9 Å². The van der Waals surface area contributed by atoms with E-state index in [1.165, 1.54) is 5.38 Å². The Hall–Kier alpha value is -2.62. The fourth-order valence-electron chi connectivity index (χ4n) is 2.03. The van der Waals surface area contributed by atoms with Gasteiger partial charge in [-0.3, -0.25) is 0 Å². The van der Waals surface area contributed by atoms with Crippen molar-refractivity contribution in [2.24, 2.45) is 0 Å². The van der Waals surface area contributed by atoms with Crippen LogP contribution < -0.4 is 4.90 Å². The fourth-order valence-corrected chi connectivity index (χ4v) is 3.04. The minimum absolute atomic E-state index is 0.0214. The summed E-state index contributed by atoms with van der Waals surface area (Å²) in [5.74, 6) is -1.70. The second kappa shape index (κ2) is 9.25. The maximum absolute atomic E-state index is 12.8. The molecule has 1 aromatic rings. The van der Waals surface area contributed by atoms with Gasteiger partial charge in [-0.05, 0) is 48.5 Å². The van der Waals surface area contributed by atoms with Gasteiger partial charge in [-0.1, -0.05) is 0 Å². The number of imide groups is 1. The van der Waals surface area contributed by atoms with E-state index < -0.39 is 35.3 Å². The Morgan fingerprint density at radius 1 is 0.931 bits per heavy atom. The molecule has 1 aromatic heterocycles. The van der Waals surface area contributed by atoms with Crippen LogP contribution in [0.3, 0.4) is 0 Å². The molecule has 0 saturated heterocycles. The molecule has 10 heteroatoms. The number of methoxy groups -OCH3 is 1. The zero-order valence-electron chi connectivity index (χ0n) is 17.9. The molecular formula is C19H27NO8S. The molecule has 0 unspecified atom stereocenters. The summed E-state index contributed by atoms with van der Waals surface area (Å²) in [4.78, 5) is 50.8. The van der Waals surface area contributed by atoms with Crippen molar-refractivity contribution >= 4 is 40.5 Å². The predicted molar refractivity (Wildman–Crippen MR) is 107 cm³/mol. The standard InChI is InChI=1S/C19H27NO8S/c1-9-26-15(22)12-11(14(21)25-8)10-29-13(12)20(16(23)27-18(2,3)4)17(24)28-19(5,6)7/h10H,9H2,1-8H3. The molecule has 9 nitrogen and oxygen atoms in total. The Morgan fingerprint density at radius 3 is 1.79 bits per heavy atom. The van der Waals surface area contributed by atoms with E-state index in [0.29, 0.717) is 4.90 Å². The number of hydrogen-bond donors (Lipinski definition) is 0. The van der Waals surface area contributed by atoms with E-state index in [2.05, 4.69) is 4.74 Å². The minimum atomic E-state index is -1.06. The molecular weight excluding hydrogens is 402 g/mol. The van der Waals surface area contributed by atoms with Crippen LogP contribution in [0.25, 0.3) is 0 Å². The van der Waals surface area contributed by atoms with Crippen LogP contribution in [0.15, 0.2) is 5.38 Å². The molecule has 0 aliphatic heterocycles. The van der Waals surface area contributed by atoms with E-state index >= 15 is 0 Å². The summed E-state index contributed by atoms with van der Waals surface area (Å²) in [5, 5.41) is 1.14. The van der Waals surface area contributed by atoms with Gasteiger partial charge >= 0.3 is 24.1 Å². The molecule has 0 N–H and O–H groups in total. The van der Waals surface area contributed by atoms with Crippen molar-refractivity contribution in [2.75, 3.05) is 18.6 Å². The Bertz CT molecular complexity index is 757. The van der Waals surface area contributed by atoms with Crippen LogP contribution in [0.1, 0.15) is 69.2 Å². The topological polar surface area (TPSA) is 108 Å². The van der Waals surface area contributed by atoms with Crippen LogP contribution in [0.5, 0.6) is 0 Å². The van der Waals surface area contributed by atoms with Gasteiger partial charge in [0.15, 0.2) is 0 Å². The zero-order valence-corrected chi connectivity index (χ0v) is 18.7. The lowest BCUT2D eigenvalue weighted by Crippen LogP contribution is -2.44.